The zero-order valence-electron chi connectivity index (χ0n) is 13.5. The molecular formula is C17H26N2O3. The second-order valence-electron chi connectivity index (χ2n) is 5.90. The molecule has 1 heterocycles. The molecule has 0 atom stereocenters. The predicted molar refractivity (Wildman–Crippen MR) is 85.7 cm³/mol. The van der Waals surface area contributed by atoms with Crippen LogP contribution in [0.2, 0.25) is 0 Å². The van der Waals surface area contributed by atoms with Crippen molar-refractivity contribution in [3.63, 3.8) is 0 Å². The smallest absolute Gasteiger partial charge is 0.410 e. The molecule has 1 aliphatic heterocycles. The van der Waals surface area contributed by atoms with Gasteiger partial charge in [-0.15, -0.1) is 0 Å². The number of piperidine rings is 1. The molecule has 1 fully saturated rings. The van der Waals surface area contributed by atoms with Crippen LogP contribution in [0.4, 0.5) is 4.79 Å². The lowest BCUT2D eigenvalue weighted by molar-refractivity contribution is 0.000373. The van der Waals surface area contributed by atoms with Crippen LogP contribution >= 0.6 is 0 Å². The van der Waals surface area contributed by atoms with Crippen LogP contribution in [0.1, 0.15) is 18.4 Å². The summed E-state index contributed by atoms with van der Waals surface area (Å²) in [5.41, 5.74) is 1.01. The van der Waals surface area contributed by atoms with Gasteiger partial charge in [0.1, 0.15) is 6.61 Å². The molecule has 1 saturated heterocycles. The van der Waals surface area contributed by atoms with Gasteiger partial charge in [0.15, 0.2) is 0 Å². The van der Waals surface area contributed by atoms with Crippen molar-refractivity contribution in [1.82, 2.24) is 9.80 Å². The first kappa shape index (κ1) is 16.8. The van der Waals surface area contributed by atoms with Crippen molar-refractivity contribution in [3.05, 3.63) is 35.9 Å². The van der Waals surface area contributed by atoms with E-state index < -0.39 is 0 Å². The van der Waals surface area contributed by atoms with Crippen LogP contribution in [0.3, 0.4) is 0 Å². The molecule has 0 saturated carbocycles. The number of hydrogen-bond donors (Lipinski definition) is 0. The van der Waals surface area contributed by atoms with E-state index in [1.165, 1.54) is 0 Å². The summed E-state index contributed by atoms with van der Waals surface area (Å²) in [5, 5.41) is 0. The molecule has 1 aromatic carbocycles. The van der Waals surface area contributed by atoms with Gasteiger partial charge in [0.2, 0.25) is 0 Å². The Morgan fingerprint density at radius 2 is 1.91 bits per heavy atom. The molecule has 0 bridgehead atoms. The van der Waals surface area contributed by atoms with Gasteiger partial charge in [-0.25, -0.2) is 4.79 Å². The summed E-state index contributed by atoms with van der Waals surface area (Å²) in [4.78, 5) is 15.9. The fraction of sp³-hybridized carbons (Fsp3) is 0.588. The average molecular weight is 306 g/mol. The van der Waals surface area contributed by atoms with E-state index in [4.69, 9.17) is 9.47 Å². The minimum Gasteiger partial charge on any atom is -0.445 e. The van der Waals surface area contributed by atoms with Crippen molar-refractivity contribution >= 4 is 6.09 Å². The Labute approximate surface area is 132 Å². The lowest BCUT2D eigenvalue weighted by Crippen LogP contribution is -2.41. The molecule has 0 aliphatic carbocycles. The number of carbonyl (C=O) groups is 1. The molecule has 2 rings (SSSR count). The van der Waals surface area contributed by atoms with Crippen molar-refractivity contribution in [1.29, 1.82) is 0 Å². The topological polar surface area (TPSA) is 42.0 Å². The summed E-state index contributed by atoms with van der Waals surface area (Å²) >= 11 is 0. The molecule has 1 aliphatic rings. The Kier molecular flexibility index (Phi) is 6.68. The van der Waals surface area contributed by atoms with Gasteiger partial charge in [-0.05, 0) is 32.5 Å². The highest BCUT2D eigenvalue weighted by atomic mass is 16.6. The average Bonchev–Trinajstić information content (AvgIpc) is 2.54. The van der Waals surface area contributed by atoms with Gasteiger partial charge in [0.05, 0.1) is 12.7 Å². The predicted octanol–water partition coefficient (Wildman–Crippen LogP) is 2.37. The number of likely N-dealkylation sites (N-methyl/N-ethyl adjacent to an activating group) is 1. The van der Waals surface area contributed by atoms with Crippen LogP contribution in [0.25, 0.3) is 0 Å². The number of hydrogen-bond acceptors (Lipinski definition) is 4. The normalized spacial score (nSPS) is 16.0. The van der Waals surface area contributed by atoms with Crippen LogP contribution in [0.15, 0.2) is 30.3 Å². The van der Waals surface area contributed by atoms with Crippen LogP contribution < -0.4 is 0 Å². The van der Waals surface area contributed by atoms with Gasteiger partial charge in [0, 0.05) is 19.6 Å². The summed E-state index contributed by atoms with van der Waals surface area (Å²) in [6, 6.07) is 9.75. The molecule has 22 heavy (non-hydrogen) atoms. The van der Waals surface area contributed by atoms with Gasteiger partial charge in [-0.2, -0.15) is 0 Å². The first-order valence-electron chi connectivity index (χ1n) is 7.87. The minimum atomic E-state index is -0.226. The third-order valence-electron chi connectivity index (χ3n) is 3.80. The Morgan fingerprint density at radius 3 is 2.55 bits per heavy atom. The number of ether oxygens (including phenoxy) is 2. The maximum absolute atomic E-state index is 12.0. The summed E-state index contributed by atoms with van der Waals surface area (Å²) in [5.74, 6) is 0. The zero-order valence-corrected chi connectivity index (χ0v) is 13.5. The number of benzene rings is 1. The number of carbonyl (C=O) groups excluding carboxylic acids is 1. The maximum Gasteiger partial charge on any atom is 0.410 e. The van der Waals surface area contributed by atoms with Crippen molar-refractivity contribution in [3.8, 4) is 0 Å². The molecule has 0 N–H and O–H groups in total. The number of rotatable bonds is 6. The minimum absolute atomic E-state index is 0.226. The number of amides is 1. The molecular weight excluding hydrogens is 280 g/mol. The second-order valence-corrected chi connectivity index (χ2v) is 5.90. The SMILES string of the molecule is CN(C)CCOC1CCN(C(=O)OCc2ccccc2)CC1. The Balaban J connectivity index is 1.64. The summed E-state index contributed by atoms with van der Waals surface area (Å²) < 4.78 is 11.2. The highest BCUT2D eigenvalue weighted by molar-refractivity contribution is 5.67. The summed E-state index contributed by atoms with van der Waals surface area (Å²) in [6.07, 6.45) is 1.80. The third kappa shape index (κ3) is 5.66. The molecule has 5 heteroatoms. The highest BCUT2D eigenvalue weighted by Gasteiger charge is 2.24. The Morgan fingerprint density at radius 1 is 1.23 bits per heavy atom. The van der Waals surface area contributed by atoms with Crippen LogP contribution in [0.5, 0.6) is 0 Å². The van der Waals surface area contributed by atoms with Gasteiger partial charge in [-0.1, -0.05) is 30.3 Å². The van der Waals surface area contributed by atoms with Gasteiger partial charge >= 0.3 is 6.09 Å². The van der Waals surface area contributed by atoms with E-state index in [-0.39, 0.29) is 12.2 Å². The fourth-order valence-corrected chi connectivity index (χ4v) is 2.42. The van der Waals surface area contributed by atoms with Crippen LogP contribution in [-0.2, 0) is 16.1 Å². The van der Waals surface area contributed by atoms with Crippen molar-refractivity contribution < 1.29 is 14.3 Å². The number of likely N-dealkylation sites (tertiary alicyclic amines) is 1. The number of nitrogens with zero attached hydrogens (tertiary/aromatic N) is 2. The molecule has 122 valence electrons. The van der Waals surface area contributed by atoms with E-state index >= 15 is 0 Å². The first-order chi connectivity index (χ1) is 10.6. The molecule has 0 radical (unpaired) electrons. The molecule has 1 amide bonds. The quantitative estimate of drug-likeness (QED) is 0.809. The summed E-state index contributed by atoms with van der Waals surface area (Å²) in [6.45, 7) is 3.43. The second kappa shape index (κ2) is 8.76. The largest absolute Gasteiger partial charge is 0.445 e. The standard InChI is InChI=1S/C17H26N2O3/c1-18(2)12-13-21-16-8-10-19(11-9-16)17(20)22-14-15-6-4-3-5-7-15/h3-7,16H,8-14H2,1-2H3. The Hall–Kier alpha value is -1.59. The lowest BCUT2D eigenvalue weighted by atomic mass is 10.1. The van der Waals surface area contributed by atoms with Crippen LogP contribution in [-0.4, -0.2) is 62.3 Å². The van der Waals surface area contributed by atoms with Gasteiger partial charge < -0.3 is 19.3 Å². The van der Waals surface area contributed by atoms with E-state index in [1.807, 2.05) is 44.4 Å². The first-order valence-corrected chi connectivity index (χ1v) is 7.87. The monoisotopic (exact) mass is 306 g/mol. The van der Waals surface area contributed by atoms with Crippen molar-refractivity contribution in [2.45, 2.75) is 25.6 Å². The van der Waals surface area contributed by atoms with Gasteiger partial charge in [0.25, 0.3) is 0 Å². The Bertz CT molecular complexity index is 442. The van der Waals surface area contributed by atoms with E-state index in [0.29, 0.717) is 19.7 Å². The van der Waals surface area contributed by atoms with Crippen LogP contribution in [0, 0.1) is 0 Å². The molecule has 0 unspecified atom stereocenters. The van der Waals surface area contributed by atoms with Gasteiger partial charge in [-0.3, -0.25) is 0 Å². The van der Waals surface area contributed by atoms with E-state index in [1.54, 1.807) is 4.90 Å². The fourth-order valence-electron chi connectivity index (χ4n) is 2.42. The third-order valence-corrected chi connectivity index (χ3v) is 3.80. The van der Waals surface area contributed by atoms with Crippen molar-refractivity contribution in [2.75, 3.05) is 40.3 Å². The maximum atomic E-state index is 12.0. The highest BCUT2D eigenvalue weighted by Crippen LogP contribution is 2.15. The molecule has 0 spiro atoms. The van der Waals surface area contributed by atoms with E-state index in [9.17, 15) is 4.79 Å². The molecule has 1 aromatic rings. The van der Waals surface area contributed by atoms with E-state index in [0.717, 1.165) is 31.6 Å². The molecule has 0 aromatic heterocycles. The van der Waals surface area contributed by atoms with E-state index in [2.05, 4.69) is 4.90 Å². The summed E-state index contributed by atoms with van der Waals surface area (Å²) in [7, 11) is 4.07. The van der Waals surface area contributed by atoms with Crippen molar-refractivity contribution in [2.24, 2.45) is 0 Å². The lowest BCUT2D eigenvalue weighted by Gasteiger charge is -2.31. The molecule has 5 nitrogen and oxygen atoms in total. The zero-order chi connectivity index (χ0) is 15.8.